The van der Waals surface area contributed by atoms with Gasteiger partial charge in [-0.2, -0.15) is 0 Å². The minimum absolute atomic E-state index is 0.0609. The van der Waals surface area contributed by atoms with E-state index in [-0.39, 0.29) is 33.9 Å². The van der Waals surface area contributed by atoms with E-state index >= 15 is 0 Å². The van der Waals surface area contributed by atoms with Crippen LogP contribution in [0, 0.1) is 10.1 Å². The van der Waals surface area contributed by atoms with Crippen LogP contribution in [0.3, 0.4) is 0 Å². The Morgan fingerprint density at radius 3 is 2.81 bits per heavy atom. The van der Waals surface area contributed by atoms with Crippen LogP contribution in [-0.2, 0) is 0 Å². The number of nitro groups is 1. The maximum atomic E-state index is 11.0. The predicted octanol–water partition coefficient (Wildman–Crippen LogP) is 1.92. The number of oxime groups is 1. The molecule has 0 radical (unpaired) electrons. The lowest BCUT2D eigenvalue weighted by atomic mass is 10.3. The van der Waals surface area contributed by atoms with Crippen molar-refractivity contribution in [2.24, 2.45) is 10.9 Å². The molecule has 1 aromatic carbocycles. The fraction of sp³-hybridized carbons (Fsp3) is 0. The Kier molecular flexibility index (Phi) is 4.14. The zero-order chi connectivity index (χ0) is 15.4. The molecule has 0 saturated carbocycles. The minimum atomic E-state index is -0.634. The van der Waals surface area contributed by atoms with Crippen LogP contribution in [0.5, 0.6) is 11.6 Å². The van der Waals surface area contributed by atoms with Crippen molar-refractivity contribution in [3.05, 3.63) is 51.4 Å². The first kappa shape index (κ1) is 14.5. The number of nitro benzene ring substituents is 1. The van der Waals surface area contributed by atoms with Gasteiger partial charge >= 0.3 is 5.69 Å². The standard InChI is InChI=1S/C11H8ClN5O4/c12-6-1-2-7(17(19)20)8(5-6)21-11-9(10(13)16-18)14-3-4-15-11/h1-5,18H,(H2,13,16). The van der Waals surface area contributed by atoms with Gasteiger partial charge in [-0.25, -0.2) is 9.97 Å². The molecule has 108 valence electrons. The van der Waals surface area contributed by atoms with Crippen LogP contribution < -0.4 is 10.5 Å². The van der Waals surface area contributed by atoms with Crippen molar-refractivity contribution in [3.63, 3.8) is 0 Å². The quantitative estimate of drug-likeness (QED) is 0.289. The molecule has 0 amide bonds. The molecular weight excluding hydrogens is 302 g/mol. The number of amidine groups is 1. The number of ether oxygens (including phenoxy) is 1. The molecule has 0 aliphatic heterocycles. The third kappa shape index (κ3) is 3.15. The van der Waals surface area contributed by atoms with Crippen LogP contribution in [0.1, 0.15) is 5.69 Å². The van der Waals surface area contributed by atoms with Gasteiger partial charge in [0.25, 0.3) is 0 Å². The Labute approximate surface area is 122 Å². The molecule has 0 unspecified atom stereocenters. The van der Waals surface area contributed by atoms with E-state index in [1.54, 1.807) is 0 Å². The molecule has 0 saturated heterocycles. The van der Waals surface area contributed by atoms with E-state index in [9.17, 15) is 10.1 Å². The van der Waals surface area contributed by atoms with Crippen molar-refractivity contribution >= 4 is 23.1 Å². The second-order valence-electron chi connectivity index (χ2n) is 3.67. The molecule has 0 bridgehead atoms. The maximum absolute atomic E-state index is 11.0. The monoisotopic (exact) mass is 309 g/mol. The summed E-state index contributed by atoms with van der Waals surface area (Å²) >= 11 is 5.79. The van der Waals surface area contributed by atoms with Crippen LogP contribution >= 0.6 is 11.6 Å². The second-order valence-corrected chi connectivity index (χ2v) is 4.10. The Balaban J connectivity index is 2.48. The number of rotatable bonds is 4. The number of nitrogens with two attached hydrogens (primary N) is 1. The summed E-state index contributed by atoms with van der Waals surface area (Å²) in [6.07, 6.45) is 2.59. The number of hydrogen-bond acceptors (Lipinski definition) is 7. The van der Waals surface area contributed by atoms with Crippen molar-refractivity contribution in [2.75, 3.05) is 0 Å². The Hall–Kier alpha value is -2.94. The van der Waals surface area contributed by atoms with E-state index < -0.39 is 4.92 Å². The van der Waals surface area contributed by atoms with Crippen molar-refractivity contribution < 1.29 is 14.9 Å². The number of benzene rings is 1. The summed E-state index contributed by atoms with van der Waals surface area (Å²) in [6, 6.07) is 3.80. The highest BCUT2D eigenvalue weighted by atomic mass is 35.5. The molecule has 21 heavy (non-hydrogen) atoms. The number of hydrogen-bond donors (Lipinski definition) is 2. The minimum Gasteiger partial charge on any atom is -0.429 e. The molecule has 1 aromatic heterocycles. The number of aromatic nitrogens is 2. The second kappa shape index (κ2) is 6.01. The summed E-state index contributed by atoms with van der Waals surface area (Å²) in [5, 5.41) is 22.7. The SMILES string of the molecule is NC(=NO)c1nccnc1Oc1cc(Cl)ccc1[N+](=O)[O-]. The van der Waals surface area contributed by atoms with Crippen molar-refractivity contribution in [2.45, 2.75) is 0 Å². The first-order chi connectivity index (χ1) is 10.0. The van der Waals surface area contributed by atoms with E-state index in [1.807, 2.05) is 0 Å². The molecular formula is C11H8ClN5O4. The Morgan fingerprint density at radius 1 is 1.43 bits per heavy atom. The van der Waals surface area contributed by atoms with Gasteiger partial charge in [0.15, 0.2) is 11.5 Å². The van der Waals surface area contributed by atoms with Gasteiger partial charge in [0, 0.05) is 29.5 Å². The summed E-state index contributed by atoms with van der Waals surface area (Å²) in [5.74, 6) is -0.638. The van der Waals surface area contributed by atoms with Gasteiger partial charge in [0.05, 0.1) is 4.92 Å². The fourth-order valence-electron chi connectivity index (χ4n) is 1.45. The molecule has 0 fully saturated rings. The highest BCUT2D eigenvalue weighted by Crippen LogP contribution is 2.33. The van der Waals surface area contributed by atoms with Gasteiger partial charge in [0.2, 0.25) is 11.6 Å². The summed E-state index contributed by atoms with van der Waals surface area (Å²) in [5.41, 5.74) is 5.06. The smallest absolute Gasteiger partial charge is 0.311 e. The molecule has 2 rings (SSSR count). The fourth-order valence-corrected chi connectivity index (χ4v) is 1.61. The zero-order valence-electron chi connectivity index (χ0n) is 10.3. The van der Waals surface area contributed by atoms with Crippen LogP contribution in [-0.4, -0.2) is 25.9 Å². The van der Waals surface area contributed by atoms with Crippen molar-refractivity contribution in [1.29, 1.82) is 0 Å². The topological polar surface area (TPSA) is 137 Å². The van der Waals surface area contributed by atoms with E-state index in [4.69, 9.17) is 27.3 Å². The van der Waals surface area contributed by atoms with E-state index in [2.05, 4.69) is 15.1 Å². The van der Waals surface area contributed by atoms with Gasteiger partial charge in [-0.3, -0.25) is 10.1 Å². The third-order valence-corrected chi connectivity index (χ3v) is 2.58. The van der Waals surface area contributed by atoms with Crippen LogP contribution in [0.2, 0.25) is 5.02 Å². The molecule has 2 aromatic rings. The average molecular weight is 310 g/mol. The largest absolute Gasteiger partial charge is 0.429 e. The molecule has 3 N–H and O–H groups in total. The lowest BCUT2D eigenvalue weighted by Gasteiger charge is -2.08. The van der Waals surface area contributed by atoms with Crippen molar-refractivity contribution in [3.8, 4) is 11.6 Å². The molecule has 10 heteroatoms. The van der Waals surface area contributed by atoms with Gasteiger partial charge in [0.1, 0.15) is 0 Å². The van der Waals surface area contributed by atoms with Crippen LogP contribution in [0.4, 0.5) is 5.69 Å². The molecule has 1 heterocycles. The Morgan fingerprint density at radius 2 is 2.14 bits per heavy atom. The normalized spacial score (nSPS) is 11.2. The van der Waals surface area contributed by atoms with Gasteiger partial charge in [-0.1, -0.05) is 16.8 Å². The zero-order valence-corrected chi connectivity index (χ0v) is 11.1. The molecule has 0 aliphatic carbocycles. The van der Waals surface area contributed by atoms with E-state index in [1.165, 1.54) is 30.6 Å². The van der Waals surface area contributed by atoms with E-state index in [0.717, 1.165) is 0 Å². The summed E-state index contributed by atoms with van der Waals surface area (Å²) in [6.45, 7) is 0. The summed E-state index contributed by atoms with van der Waals surface area (Å²) in [4.78, 5) is 18.0. The third-order valence-electron chi connectivity index (χ3n) is 2.34. The highest BCUT2D eigenvalue weighted by molar-refractivity contribution is 6.30. The van der Waals surface area contributed by atoms with Gasteiger partial charge < -0.3 is 15.7 Å². The van der Waals surface area contributed by atoms with E-state index in [0.29, 0.717) is 0 Å². The molecule has 0 aliphatic rings. The Bertz CT molecular complexity index is 722. The lowest BCUT2D eigenvalue weighted by Crippen LogP contribution is -2.16. The summed E-state index contributed by atoms with van der Waals surface area (Å²) < 4.78 is 5.33. The molecule has 9 nitrogen and oxygen atoms in total. The first-order valence-electron chi connectivity index (χ1n) is 5.43. The van der Waals surface area contributed by atoms with Gasteiger partial charge in [-0.15, -0.1) is 0 Å². The highest BCUT2D eigenvalue weighted by Gasteiger charge is 2.19. The van der Waals surface area contributed by atoms with Crippen molar-refractivity contribution in [1.82, 2.24) is 9.97 Å². The maximum Gasteiger partial charge on any atom is 0.311 e. The summed E-state index contributed by atoms with van der Waals surface area (Å²) in [7, 11) is 0. The number of nitrogens with zero attached hydrogens (tertiary/aromatic N) is 4. The number of halogens is 1. The predicted molar refractivity (Wildman–Crippen MR) is 72.7 cm³/mol. The molecule has 0 spiro atoms. The first-order valence-corrected chi connectivity index (χ1v) is 5.81. The van der Waals surface area contributed by atoms with Gasteiger partial charge in [-0.05, 0) is 6.07 Å². The lowest BCUT2D eigenvalue weighted by molar-refractivity contribution is -0.385. The van der Waals surface area contributed by atoms with Crippen LogP contribution in [0.25, 0.3) is 0 Å². The average Bonchev–Trinajstić information content (AvgIpc) is 2.47. The van der Waals surface area contributed by atoms with Crippen LogP contribution in [0.15, 0.2) is 35.7 Å². The molecule has 0 atom stereocenters.